The van der Waals surface area contributed by atoms with Crippen LogP contribution in [0, 0.1) is 5.92 Å². The van der Waals surface area contributed by atoms with Crippen molar-refractivity contribution in [2.24, 2.45) is 5.92 Å². The minimum Gasteiger partial charge on any atom is -0.462 e. The fourth-order valence-corrected chi connectivity index (χ4v) is 17.8. The van der Waals surface area contributed by atoms with Crippen LogP contribution < -0.4 is 19.7 Å². The summed E-state index contributed by atoms with van der Waals surface area (Å²) >= 11 is 0. The molecule has 18 nitrogen and oxygen atoms in total. The Hall–Kier alpha value is -5.20. The van der Waals surface area contributed by atoms with Crippen molar-refractivity contribution >= 4 is 37.4 Å². The number of para-hydroxylation sites is 2. The molecule has 0 bridgehead atoms. The minimum absolute atomic E-state index is 0.0273. The molecule has 0 radical (unpaired) electrons. The maximum Gasteiger partial charge on any atom is 0.588 e. The lowest BCUT2D eigenvalue weighted by molar-refractivity contribution is -0.309. The molecule has 19 heteroatoms. The van der Waals surface area contributed by atoms with E-state index in [1.54, 1.807) is 48.5 Å². The molecule has 3 N–H and O–H groups in total. The van der Waals surface area contributed by atoms with E-state index in [4.69, 9.17) is 42.0 Å². The first kappa shape index (κ1) is 101. The van der Waals surface area contributed by atoms with Gasteiger partial charge in [-0.05, 0) is 94.0 Å². The van der Waals surface area contributed by atoms with Crippen LogP contribution in [0.4, 0.5) is 0 Å². The largest absolute Gasteiger partial charge is 0.588 e. The van der Waals surface area contributed by atoms with E-state index in [1.165, 1.54) is 57.8 Å². The van der Waals surface area contributed by atoms with Crippen LogP contribution in [-0.4, -0.2) is 109 Å². The molecule has 3 aromatic carbocycles. The lowest BCUT2D eigenvalue weighted by Crippen LogP contribution is -2.73. The van der Waals surface area contributed by atoms with Crippen LogP contribution in [0.25, 0.3) is 0 Å². The molecule has 0 aromatic heterocycles. The zero-order valence-corrected chi connectivity index (χ0v) is 74.1. The predicted molar refractivity (Wildman–Crippen MR) is 468 cm³/mol. The molecule has 0 saturated carbocycles. The minimum atomic E-state index is -4.94. The van der Waals surface area contributed by atoms with Crippen molar-refractivity contribution in [2.45, 2.75) is 443 Å². The molecule has 1 spiro atoms. The van der Waals surface area contributed by atoms with Gasteiger partial charge in [-0.25, -0.2) is 4.57 Å². The van der Waals surface area contributed by atoms with Gasteiger partial charge in [0, 0.05) is 31.8 Å². The Morgan fingerprint density at radius 3 is 1.36 bits per heavy atom. The highest BCUT2D eigenvalue weighted by Gasteiger charge is 2.62. The molecule has 2 aliphatic heterocycles. The summed E-state index contributed by atoms with van der Waals surface area (Å²) < 4.78 is 77.5. The van der Waals surface area contributed by atoms with E-state index in [1.807, 2.05) is 42.5 Å². The highest BCUT2D eigenvalue weighted by Crippen LogP contribution is 2.55. The second-order valence-electron chi connectivity index (χ2n) is 33.5. The van der Waals surface area contributed by atoms with E-state index in [-0.39, 0.29) is 99.6 Å². The fraction of sp³-hybridized carbons (Fsp3) is 0.763. The van der Waals surface area contributed by atoms with Crippen molar-refractivity contribution in [3.05, 3.63) is 96.6 Å². The number of Topliss-reactive ketones (excluding diaryl/α,β-unsaturated/α-hetero) is 1. The first-order valence-corrected chi connectivity index (χ1v) is 48.6. The van der Waals surface area contributed by atoms with E-state index >= 15 is 9.36 Å². The third kappa shape index (κ3) is 45.4. The second-order valence-corrected chi connectivity index (χ2v) is 35.0. The Labute approximate surface area is 703 Å². The normalized spacial score (nSPS) is 19.3. The van der Waals surface area contributed by atoms with E-state index < -0.39 is 68.7 Å². The van der Waals surface area contributed by atoms with Gasteiger partial charge in [-0.2, -0.15) is 0 Å². The molecule has 660 valence electrons. The first-order chi connectivity index (χ1) is 56.8. The molecule has 5 rings (SSSR count). The van der Waals surface area contributed by atoms with Gasteiger partial charge >= 0.3 is 19.8 Å². The number of carbonyl (C=O) groups is 5. The third-order valence-electron chi connectivity index (χ3n) is 23.2. The number of rotatable bonds is 64. The number of aliphatic hydroxyl groups excluding tert-OH is 1. The van der Waals surface area contributed by atoms with Crippen LogP contribution in [-0.2, 0) is 68.1 Å². The topological polar surface area (TPSA) is 230 Å². The Morgan fingerprint density at radius 1 is 0.483 bits per heavy atom. The number of phosphoric ester groups is 1. The highest BCUT2D eigenvalue weighted by molar-refractivity contribution is 7.49. The predicted octanol–water partition coefficient (Wildman–Crippen LogP) is 24.9. The maximum absolute atomic E-state index is 16.3. The molecular formula is C97H161N2O16P. The lowest BCUT2D eigenvalue weighted by Gasteiger charge is -2.54. The summed E-state index contributed by atoms with van der Waals surface area (Å²) in [6.07, 6.45) is 43.0. The molecule has 0 unspecified atom stereocenters. The number of aliphatic hydroxyl groups is 1. The zero-order valence-electron chi connectivity index (χ0n) is 73.2. The van der Waals surface area contributed by atoms with Crippen LogP contribution >= 0.6 is 7.82 Å². The van der Waals surface area contributed by atoms with Crippen LogP contribution in [0.2, 0.25) is 0 Å². The van der Waals surface area contributed by atoms with E-state index in [0.29, 0.717) is 51.4 Å². The number of amides is 2. The van der Waals surface area contributed by atoms with Crippen LogP contribution in [0.3, 0.4) is 0 Å². The zero-order chi connectivity index (χ0) is 83.0. The van der Waals surface area contributed by atoms with E-state index in [9.17, 15) is 24.3 Å². The van der Waals surface area contributed by atoms with Crippen molar-refractivity contribution in [1.82, 2.24) is 10.6 Å². The monoisotopic (exact) mass is 1640 g/mol. The Morgan fingerprint density at radius 2 is 0.897 bits per heavy atom. The van der Waals surface area contributed by atoms with Gasteiger partial charge < -0.3 is 53.2 Å². The first-order valence-electron chi connectivity index (χ1n) is 47.2. The number of hydrogen-bond donors (Lipinski definition) is 3. The molecule has 2 heterocycles. The standard InChI is InChI=1S/C97H161N2O16P/c1-6-11-16-21-26-29-34-38-50-67-86(110-92(104)70-57-41-24-19-14-9-4)75-90(102)98-83(79-107-78-81-60-47-44-48-61-81)80-108-96-94(99-91(103)76-87(68-51-39-35-30-27-22-17-12-7-2)111-93(105)71-58-42-25-20-15-10-5)97(95(89(77-100)112-96)115-116(106,113-84-63-52-45-53-64-84)114-85-65-54-46-55-66-85)73-59-43-36-32-28-31-33-37-49-62-82(72-74-109-97)88(101)69-56-40-23-18-13-8-3/h44-48,52-55,60-61,63-66,82-83,86-87,89,94-96,100H,6-43,49-51,56-59,62,67-80H2,1-5H3,(H,98,102)(H,99,103)/t82-,83+,86-,87-,89-,94+,95-,96-,97-/m1/s1. The number of benzene rings is 3. The maximum atomic E-state index is 16.3. The molecule has 2 saturated heterocycles. The Bertz CT molecular complexity index is 2940. The quantitative estimate of drug-likeness (QED) is 0.0271. The average molecular weight is 1640 g/mol. The van der Waals surface area contributed by atoms with Gasteiger partial charge in [0.2, 0.25) is 11.8 Å². The number of ether oxygens (including phenoxy) is 6. The fourth-order valence-electron chi connectivity index (χ4n) is 16.3. The number of esters is 2. The summed E-state index contributed by atoms with van der Waals surface area (Å²) in [5.41, 5.74) is -0.928. The van der Waals surface area contributed by atoms with E-state index in [2.05, 4.69) is 45.3 Å². The number of ketones is 1. The smallest absolute Gasteiger partial charge is 0.462 e. The summed E-state index contributed by atoms with van der Waals surface area (Å²) in [5.74, 6) is -1.39. The van der Waals surface area contributed by atoms with Gasteiger partial charge in [-0.15, -0.1) is 0 Å². The number of hydrogen-bond acceptors (Lipinski definition) is 16. The van der Waals surface area contributed by atoms with Gasteiger partial charge in [0.05, 0.1) is 45.3 Å². The van der Waals surface area contributed by atoms with E-state index in [0.717, 1.165) is 217 Å². The van der Waals surface area contributed by atoms with Crippen LogP contribution in [0.5, 0.6) is 11.5 Å². The molecule has 0 aliphatic carbocycles. The van der Waals surface area contributed by atoms with Gasteiger partial charge in [0.25, 0.3) is 0 Å². The third-order valence-corrected chi connectivity index (χ3v) is 24.5. The molecular weight excluding hydrogens is 1480 g/mol. The molecule has 2 fully saturated rings. The summed E-state index contributed by atoms with van der Waals surface area (Å²) in [7, 11) is -4.94. The second kappa shape index (κ2) is 65.6. The van der Waals surface area contributed by atoms with Crippen molar-refractivity contribution < 1.29 is 75.6 Å². The summed E-state index contributed by atoms with van der Waals surface area (Å²) in [5, 5.41) is 18.8. The van der Waals surface area contributed by atoms with Crippen LogP contribution in [0.15, 0.2) is 91.0 Å². The van der Waals surface area contributed by atoms with Gasteiger partial charge in [-0.3, -0.25) is 28.5 Å². The molecule has 116 heavy (non-hydrogen) atoms. The van der Waals surface area contributed by atoms with Gasteiger partial charge in [0.15, 0.2) is 6.29 Å². The van der Waals surface area contributed by atoms with Gasteiger partial charge in [-0.1, -0.05) is 358 Å². The number of phosphoric acid groups is 1. The summed E-state index contributed by atoms with van der Waals surface area (Å²) in [6, 6.07) is 24.7. The van der Waals surface area contributed by atoms with Crippen molar-refractivity contribution in [3.8, 4) is 11.5 Å². The van der Waals surface area contributed by atoms with Crippen LogP contribution in [0.1, 0.15) is 393 Å². The summed E-state index contributed by atoms with van der Waals surface area (Å²) in [4.78, 5) is 73.7. The summed E-state index contributed by atoms with van der Waals surface area (Å²) in [6.45, 7) is 10.2. The number of nitrogens with one attached hydrogen (secondary N) is 2. The average Bonchev–Trinajstić information content (AvgIpc) is 0.737. The van der Waals surface area contributed by atoms with Gasteiger partial charge in [0.1, 0.15) is 53.3 Å². The van der Waals surface area contributed by atoms with Crippen molar-refractivity contribution in [1.29, 1.82) is 0 Å². The number of carbonyl (C=O) groups excluding carboxylic acids is 5. The Balaban J connectivity index is 1.68. The number of unbranched alkanes of at least 4 members (excludes halogenated alkanes) is 31. The molecule has 3 aromatic rings. The lowest BCUT2D eigenvalue weighted by atomic mass is 9.77. The SMILES string of the molecule is CCCCCCCCCCC[C@H](CC(=O)N[C@@H](COCc1ccccc1)CO[C@@H]1O[C@H](CO)[C@@H](OP(=O)(Oc2ccccc2)Oc2ccccc2)[C@@]2(CCCCCCCCCCC[C@@H](C(=O)CCCCCCCC)CCO2)[C@H]1NC(=O)C[C@@H](CCCCCCCCCCC)OC(=O)CCCCCCCC)OC(=O)CCCCCCCC. The molecule has 2 amide bonds. The van der Waals surface area contributed by atoms with Crippen molar-refractivity contribution in [3.63, 3.8) is 0 Å². The molecule has 9 atom stereocenters. The Kier molecular flexibility index (Phi) is 57.3. The molecule has 2 aliphatic rings. The highest BCUT2D eigenvalue weighted by atomic mass is 31.2. The van der Waals surface area contributed by atoms with Crippen molar-refractivity contribution in [2.75, 3.05) is 26.4 Å².